The normalized spacial score (nSPS) is 14.0. The van der Waals surface area contributed by atoms with E-state index >= 15 is 0 Å². The Balaban J connectivity index is 1.42. The number of benzene rings is 1. The summed E-state index contributed by atoms with van der Waals surface area (Å²) in [4.78, 5) is 35.3. The molecule has 1 amide bonds. The third-order valence-electron chi connectivity index (χ3n) is 6.16. The first-order valence-electron chi connectivity index (χ1n) is 11.8. The van der Waals surface area contributed by atoms with Crippen LogP contribution in [0.15, 0.2) is 73.2 Å². The zero-order valence-corrected chi connectivity index (χ0v) is 20.4. The molecule has 36 heavy (non-hydrogen) atoms. The molecule has 1 aliphatic heterocycles. The summed E-state index contributed by atoms with van der Waals surface area (Å²) in [5.74, 6) is 0.175. The van der Waals surface area contributed by atoms with Gasteiger partial charge in [0.2, 0.25) is 5.95 Å². The molecule has 4 heterocycles. The smallest absolute Gasteiger partial charge is 0.250 e. The first-order valence-corrected chi connectivity index (χ1v) is 11.8. The van der Waals surface area contributed by atoms with E-state index in [1.165, 1.54) is 5.69 Å². The number of hydrogen-bond donors (Lipinski definition) is 2. The molecule has 0 bridgehead atoms. The van der Waals surface area contributed by atoms with Gasteiger partial charge in [0, 0.05) is 67.1 Å². The van der Waals surface area contributed by atoms with Crippen LogP contribution in [-0.2, 0) is 4.79 Å². The lowest BCUT2D eigenvalue weighted by Crippen LogP contribution is -2.44. The van der Waals surface area contributed by atoms with Crippen LogP contribution in [0.3, 0.4) is 0 Å². The number of pyridine rings is 2. The highest BCUT2D eigenvalue weighted by molar-refractivity contribution is 6.05. The Morgan fingerprint density at radius 1 is 0.944 bits per heavy atom. The van der Waals surface area contributed by atoms with Crippen LogP contribution in [0.2, 0.25) is 0 Å². The molecule has 9 nitrogen and oxygen atoms in total. The Morgan fingerprint density at radius 2 is 1.69 bits per heavy atom. The van der Waals surface area contributed by atoms with E-state index in [9.17, 15) is 4.79 Å². The lowest BCUT2D eigenvalue weighted by Gasteiger charge is -2.34. The molecule has 0 saturated carbocycles. The van der Waals surface area contributed by atoms with Gasteiger partial charge >= 0.3 is 0 Å². The van der Waals surface area contributed by atoms with Crippen molar-refractivity contribution >= 4 is 39.8 Å². The molecule has 3 aromatic heterocycles. The van der Waals surface area contributed by atoms with E-state index in [0.29, 0.717) is 34.1 Å². The summed E-state index contributed by atoms with van der Waals surface area (Å²) in [5, 5.41) is 6.97. The molecular formula is C27H28N8O. The van der Waals surface area contributed by atoms with Crippen molar-refractivity contribution in [1.29, 1.82) is 0 Å². The molecule has 1 aliphatic rings. The molecule has 0 radical (unpaired) electrons. The number of carbonyl (C=O) groups excluding carboxylic acids is 1. The van der Waals surface area contributed by atoms with Gasteiger partial charge in [0.05, 0.1) is 5.69 Å². The van der Waals surface area contributed by atoms with Gasteiger partial charge < -0.3 is 20.4 Å². The Labute approximate surface area is 209 Å². The van der Waals surface area contributed by atoms with Crippen molar-refractivity contribution in [2.24, 2.45) is 0 Å². The van der Waals surface area contributed by atoms with Crippen LogP contribution in [0.4, 0.5) is 23.0 Å². The van der Waals surface area contributed by atoms with Gasteiger partial charge in [-0.05, 0) is 56.4 Å². The minimum atomic E-state index is -0.276. The fourth-order valence-corrected chi connectivity index (χ4v) is 4.06. The highest BCUT2D eigenvalue weighted by Crippen LogP contribution is 2.30. The fraction of sp³-hybridized carbons (Fsp3) is 0.222. The number of nitrogens with one attached hydrogen (secondary N) is 2. The number of aromatic nitrogens is 4. The molecule has 9 heteroatoms. The summed E-state index contributed by atoms with van der Waals surface area (Å²) in [5.41, 5.74) is 4.76. The minimum absolute atomic E-state index is 0.276. The number of hydrogen-bond acceptors (Lipinski definition) is 8. The van der Waals surface area contributed by atoms with Crippen molar-refractivity contribution in [1.82, 2.24) is 24.8 Å². The van der Waals surface area contributed by atoms with Crippen LogP contribution in [0.5, 0.6) is 0 Å². The van der Waals surface area contributed by atoms with Crippen LogP contribution >= 0.6 is 0 Å². The summed E-state index contributed by atoms with van der Waals surface area (Å²) < 4.78 is 0. The minimum Gasteiger partial charge on any atom is -0.369 e. The number of likely N-dealkylation sites (N-methyl/N-ethyl adjacent to an activating group) is 1. The number of anilines is 4. The van der Waals surface area contributed by atoms with Crippen LogP contribution < -0.4 is 15.5 Å². The number of fused-ring (bicyclic) bond motifs is 1. The first kappa shape index (κ1) is 23.4. The number of piperazine rings is 1. The molecular weight excluding hydrogens is 452 g/mol. The van der Waals surface area contributed by atoms with Crippen molar-refractivity contribution in [3.05, 3.63) is 73.2 Å². The molecule has 1 fully saturated rings. The first-order chi connectivity index (χ1) is 17.5. The lowest BCUT2D eigenvalue weighted by atomic mass is 10.1. The lowest BCUT2D eigenvalue weighted by molar-refractivity contribution is -0.112. The quantitative estimate of drug-likeness (QED) is 0.398. The number of amides is 1. The molecule has 0 spiro atoms. The molecule has 182 valence electrons. The molecule has 0 aliphatic carbocycles. The predicted octanol–water partition coefficient (Wildman–Crippen LogP) is 4.10. The van der Waals surface area contributed by atoms with Crippen LogP contribution in [-0.4, -0.2) is 64.0 Å². The molecule has 2 N–H and O–H groups in total. The van der Waals surface area contributed by atoms with E-state index < -0.39 is 0 Å². The van der Waals surface area contributed by atoms with E-state index in [-0.39, 0.29) is 5.91 Å². The molecule has 0 atom stereocenters. The Morgan fingerprint density at radius 3 is 2.44 bits per heavy atom. The molecule has 0 unspecified atom stereocenters. The van der Waals surface area contributed by atoms with Crippen molar-refractivity contribution in [2.75, 3.05) is 48.8 Å². The fourth-order valence-electron chi connectivity index (χ4n) is 4.06. The molecule has 5 rings (SSSR count). The van der Waals surface area contributed by atoms with Crippen LogP contribution in [0.25, 0.3) is 22.3 Å². The zero-order chi connectivity index (χ0) is 25.1. The van der Waals surface area contributed by atoms with E-state index in [0.717, 1.165) is 37.3 Å². The highest BCUT2D eigenvalue weighted by atomic mass is 16.1. The third-order valence-corrected chi connectivity index (χ3v) is 6.16. The second-order valence-electron chi connectivity index (χ2n) is 8.89. The van der Waals surface area contributed by atoms with Gasteiger partial charge in [-0.2, -0.15) is 0 Å². The van der Waals surface area contributed by atoms with Crippen LogP contribution in [0, 0.1) is 0 Å². The Bertz CT molecular complexity index is 1410. The molecule has 1 saturated heterocycles. The predicted molar refractivity (Wildman–Crippen MR) is 143 cm³/mol. The summed E-state index contributed by atoms with van der Waals surface area (Å²) in [6.07, 6.45) is 5.10. The van der Waals surface area contributed by atoms with Gasteiger partial charge in [0.1, 0.15) is 16.9 Å². The van der Waals surface area contributed by atoms with E-state index in [1.807, 2.05) is 18.2 Å². The second-order valence-corrected chi connectivity index (χ2v) is 8.89. The van der Waals surface area contributed by atoms with Gasteiger partial charge in [-0.3, -0.25) is 14.8 Å². The Kier molecular flexibility index (Phi) is 6.55. The van der Waals surface area contributed by atoms with E-state index in [4.69, 9.17) is 4.98 Å². The largest absolute Gasteiger partial charge is 0.369 e. The summed E-state index contributed by atoms with van der Waals surface area (Å²) in [6.45, 7) is 9.54. The maximum absolute atomic E-state index is 12.3. The summed E-state index contributed by atoms with van der Waals surface area (Å²) >= 11 is 0. The maximum atomic E-state index is 12.3. The Hall–Kier alpha value is -4.37. The summed E-state index contributed by atoms with van der Waals surface area (Å²) in [6, 6.07) is 13.7. The van der Waals surface area contributed by atoms with Gasteiger partial charge in [0.25, 0.3) is 5.91 Å². The second kappa shape index (κ2) is 10.1. The van der Waals surface area contributed by atoms with Gasteiger partial charge in [-0.25, -0.2) is 9.97 Å². The van der Waals surface area contributed by atoms with Crippen molar-refractivity contribution < 1.29 is 4.79 Å². The topological polar surface area (TPSA) is 99.2 Å². The van der Waals surface area contributed by atoms with Gasteiger partial charge in [0.15, 0.2) is 0 Å². The molecule has 4 aromatic rings. The number of carbonyl (C=O) groups is 1. The number of rotatable bonds is 6. The standard InChI is InChI=1S/C27H28N8O/c1-18(2)26(36)32-22-5-4-11-28-24(22)25-23-19(10-12-29-25)17-30-27(33-23)31-20-6-8-21(9-7-20)35-15-13-34(3)14-16-35/h4-12,17H,1,13-16H2,2-3H3,(H,32,36)(H,30,31,33). The van der Waals surface area contributed by atoms with E-state index in [2.05, 4.69) is 61.1 Å². The molecule has 1 aromatic carbocycles. The summed E-state index contributed by atoms with van der Waals surface area (Å²) in [7, 11) is 2.15. The van der Waals surface area contributed by atoms with Crippen molar-refractivity contribution in [2.45, 2.75) is 6.92 Å². The number of nitrogens with zero attached hydrogens (tertiary/aromatic N) is 6. The average molecular weight is 481 g/mol. The third kappa shape index (κ3) is 5.01. The average Bonchev–Trinajstić information content (AvgIpc) is 2.89. The van der Waals surface area contributed by atoms with Crippen molar-refractivity contribution in [3.63, 3.8) is 0 Å². The monoisotopic (exact) mass is 480 g/mol. The van der Waals surface area contributed by atoms with Gasteiger partial charge in [-0.15, -0.1) is 0 Å². The van der Waals surface area contributed by atoms with Crippen LogP contribution in [0.1, 0.15) is 6.92 Å². The highest BCUT2D eigenvalue weighted by Gasteiger charge is 2.16. The van der Waals surface area contributed by atoms with Crippen molar-refractivity contribution in [3.8, 4) is 11.4 Å². The van der Waals surface area contributed by atoms with E-state index in [1.54, 1.807) is 37.6 Å². The van der Waals surface area contributed by atoms with Gasteiger partial charge in [-0.1, -0.05) is 6.58 Å². The SMILES string of the molecule is C=C(C)C(=O)Nc1cccnc1-c1nccc2cnc(Nc3ccc(N4CCN(C)CC4)cc3)nc12. The maximum Gasteiger partial charge on any atom is 0.250 e. The zero-order valence-electron chi connectivity index (χ0n) is 20.4.